The first-order valence-electron chi connectivity index (χ1n) is 6.65. The molecule has 2 rings (SSSR count). The van der Waals surface area contributed by atoms with E-state index in [9.17, 15) is 0 Å². The van der Waals surface area contributed by atoms with Crippen molar-refractivity contribution in [1.82, 2.24) is 0 Å². The minimum atomic E-state index is -0.00779. The molecular weight excluding hydrogens is 222 g/mol. The van der Waals surface area contributed by atoms with Gasteiger partial charge in [0, 0.05) is 0 Å². The Bertz CT molecular complexity index is 490. The molecule has 1 heterocycles. The predicted molar refractivity (Wildman–Crippen MR) is 72.8 cm³/mol. The number of rotatable bonds is 5. The molecule has 0 amide bonds. The molecule has 1 saturated heterocycles. The van der Waals surface area contributed by atoms with E-state index in [1.165, 1.54) is 0 Å². The highest BCUT2D eigenvalue weighted by molar-refractivity contribution is 5.58. The summed E-state index contributed by atoms with van der Waals surface area (Å²) in [6.07, 6.45) is 6.52. The molecule has 0 spiro atoms. The first kappa shape index (κ1) is 12.7. The van der Waals surface area contributed by atoms with Gasteiger partial charge in [0.05, 0.1) is 11.6 Å². The van der Waals surface area contributed by atoms with Crippen LogP contribution in [0.3, 0.4) is 0 Å². The van der Waals surface area contributed by atoms with Gasteiger partial charge < -0.3 is 4.74 Å². The highest BCUT2D eigenvalue weighted by Gasteiger charge is 2.50. The molecule has 0 unspecified atom stereocenters. The highest BCUT2D eigenvalue weighted by Crippen LogP contribution is 2.49. The fourth-order valence-corrected chi connectivity index (χ4v) is 2.48. The fraction of sp³-hybridized carbons (Fsp3) is 0.438. The second-order valence-corrected chi connectivity index (χ2v) is 4.84. The molecule has 2 nitrogen and oxygen atoms in total. The molecule has 1 aromatic carbocycles. The van der Waals surface area contributed by atoms with E-state index in [1.807, 2.05) is 24.3 Å². The van der Waals surface area contributed by atoms with E-state index in [4.69, 9.17) is 10.00 Å². The summed E-state index contributed by atoms with van der Waals surface area (Å²) in [6, 6.07) is 9.81. The van der Waals surface area contributed by atoms with Gasteiger partial charge in [0.15, 0.2) is 5.60 Å². The zero-order valence-corrected chi connectivity index (χ0v) is 11.1. The van der Waals surface area contributed by atoms with Gasteiger partial charge in [-0.15, -0.1) is 0 Å². The molecule has 1 aliphatic rings. The maximum atomic E-state index is 8.88. The molecule has 0 atom stereocenters. The van der Waals surface area contributed by atoms with Crippen LogP contribution in [0.25, 0.3) is 6.08 Å². The number of hydrogen-bond donors (Lipinski definition) is 0. The van der Waals surface area contributed by atoms with E-state index < -0.39 is 0 Å². The van der Waals surface area contributed by atoms with Gasteiger partial charge in [0.2, 0.25) is 0 Å². The lowest BCUT2D eigenvalue weighted by Crippen LogP contribution is -2.08. The van der Waals surface area contributed by atoms with E-state index in [2.05, 4.69) is 26.0 Å². The summed E-state index contributed by atoms with van der Waals surface area (Å²) in [6.45, 7) is 4.38. The Hall–Kier alpha value is -1.75. The van der Waals surface area contributed by atoms with Crippen LogP contribution in [0.2, 0.25) is 0 Å². The quantitative estimate of drug-likeness (QED) is 0.722. The first-order chi connectivity index (χ1) is 8.74. The summed E-state index contributed by atoms with van der Waals surface area (Å²) in [7, 11) is 0. The van der Waals surface area contributed by atoms with Crippen molar-refractivity contribution < 1.29 is 4.74 Å². The Labute approximate surface area is 109 Å². The van der Waals surface area contributed by atoms with Crippen molar-refractivity contribution in [2.45, 2.75) is 45.1 Å². The van der Waals surface area contributed by atoms with Crippen LogP contribution in [0.4, 0.5) is 0 Å². The van der Waals surface area contributed by atoms with Crippen LogP contribution < -0.4 is 0 Å². The third-order valence-electron chi connectivity index (χ3n) is 3.33. The van der Waals surface area contributed by atoms with Crippen LogP contribution in [0, 0.1) is 11.3 Å². The van der Waals surface area contributed by atoms with Crippen LogP contribution >= 0.6 is 0 Å². The molecule has 1 fully saturated rings. The van der Waals surface area contributed by atoms with Gasteiger partial charge in [0.1, 0.15) is 5.76 Å². The SMILES string of the molecule is CCCC1(CCC)O/C1=C/c1cccc(C#N)c1. The van der Waals surface area contributed by atoms with Crippen molar-refractivity contribution in [1.29, 1.82) is 5.26 Å². The summed E-state index contributed by atoms with van der Waals surface area (Å²) in [5.74, 6) is 1.08. The van der Waals surface area contributed by atoms with Crippen LogP contribution in [-0.2, 0) is 4.74 Å². The molecule has 0 aromatic heterocycles. The van der Waals surface area contributed by atoms with E-state index >= 15 is 0 Å². The second-order valence-electron chi connectivity index (χ2n) is 4.84. The van der Waals surface area contributed by atoms with Crippen molar-refractivity contribution in [2.75, 3.05) is 0 Å². The number of ether oxygens (including phenoxy) is 1. The fourth-order valence-electron chi connectivity index (χ4n) is 2.48. The van der Waals surface area contributed by atoms with Crippen LogP contribution in [-0.4, -0.2) is 5.60 Å². The lowest BCUT2D eigenvalue weighted by atomic mass is 9.96. The third-order valence-corrected chi connectivity index (χ3v) is 3.33. The van der Waals surface area contributed by atoms with Crippen LogP contribution in [0.15, 0.2) is 30.0 Å². The van der Waals surface area contributed by atoms with Crippen LogP contribution in [0.5, 0.6) is 0 Å². The number of epoxide rings is 1. The molecule has 1 aromatic rings. The molecule has 0 N–H and O–H groups in total. The molecule has 0 radical (unpaired) electrons. The maximum absolute atomic E-state index is 8.88. The average molecular weight is 241 g/mol. The van der Waals surface area contributed by atoms with E-state index in [0.717, 1.165) is 37.0 Å². The highest BCUT2D eigenvalue weighted by atomic mass is 16.6. The Balaban J connectivity index is 2.17. The number of benzene rings is 1. The Morgan fingerprint density at radius 1 is 1.28 bits per heavy atom. The average Bonchev–Trinajstić information content (AvgIpc) is 3.03. The van der Waals surface area contributed by atoms with Gasteiger partial charge in [-0.25, -0.2) is 0 Å². The van der Waals surface area contributed by atoms with Gasteiger partial charge in [-0.2, -0.15) is 5.26 Å². The van der Waals surface area contributed by atoms with E-state index in [1.54, 1.807) is 0 Å². The van der Waals surface area contributed by atoms with E-state index in [-0.39, 0.29) is 5.60 Å². The summed E-state index contributed by atoms with van der Waals surface area (Å²) in [5, 5.41) is 8.88. The molecule has 0 saturated carbocycles. The predicted octanol–water partition coefficient (Wildman–Crippen LogP) is 4.27. The number of nitriles is 1. The van der Waals surface area contributed by atoms with Crippen molar-refractivity contribution >= 4 is 6.08 Å². The smallest absolute Gasteiger partial charge is 0.165 e. The van der Waals surface area contributed by atoms with Gasteiger partial charge >= 0.3 is 0 Å². The van der Waals surface area contributed by atoms with Crippen molar-refractivity contribution in [3.8, 4) is 6.07 Å². The number of hydrogen-bond acceptors (Lipinski definition) is 2. The first-order valence-corrected chi connectivity index (χ1v) is 6.65. The molecule has 18 heavy (non-hydrogen) atoms. The van der Waals surface area contributed by atoms with Gasteiger partial charge in [0.25, 0.3) is 0 Å². The Kier molecular flexibility index (Phi) is 3.72. The lowest BCUT2D eigenvalue weighted by molar-refractivity contribution is 0.274. The molecule has 2 heteroatoms. The Morgan fingerprint density at radius 2 is 2.00 bits per heavy atom. The largest absolute Gasteiger partial charge is 0.479 e. The van der Waals surface area contributed by atoms with Gasteiger partial charge in [-0.1, -0.05) is 38.8 Å². The minimum Gasteiger partial charge on any atom is -0.479 e. The zero-order chi connectivity index (χ0) is 13.0. The van der Waals surface area contributed by atoms with Crippen molar-refractivity contribution in [3.63, 3.8) is 0 Å². The zero-order valence-electron chi connectivity index (χ0n) is 11.1. The maximum Gasteiger partial charge on any atom is 0.165 e. The van der Waals surface area contributed by atoms with Gasteiger partial charge in [-0.05, 0) is 36.6 Å². The lowest BCUT2D eigenvalue weighted by Gasteiger charge is -2.05. The summed E-state index contributed by atoms with van der Waals surface area (Å²) in [5.41, 5.74) is 1.74. The van der Waals surface area contributed by atoms with Crippen molar-refractivity contribution in [3.05, 3.63) is 41.2 Å². The minimum absolute atomic E-state index is 0.00779. The topological polar surface area (TPSA) is 36.3 Å². The van der Waals surface area contributed by atoms with E-state index in [0.29, 0.717) is 5.56 Å². The summed E-state index contributed by atoms with van der Waals surface area (Å²) in [4.78, 5) is 0. The van der Waals surface area contributed by atoms with Gasteiger partial charge in [-0.3, -0.25) is 0 Å². The third kappa shape index (κ3) is 2.56. The Morgan fingerprint density at radius 3 is 2.61 bits per heavy atom. The standard InChI is InChI=1S/C16H19NO/c1-3-8-16(9-4-2)15(18-16)11-13-6-5-7-14(10-13)12-17/h5-7,10-11H,3-4,8-9H2,1-2H3/b15-11+. The summed E-state index contributed by atoms with van der Waals surface area (Å²) >= 11 is 0. The second kappa shape index (κ2) is 5.27. The monoisotopic (exact) mass is 241 g/mol. The summed E-state index contributed by atoms with van der Waals surface area (Å²) < 4.78 is 5.84. The molecule has 0 bridgehead atoms. The number of nitrogens with zero attached hydrogens (tertiary/aromatic N) is 1. The molecule has 94 valence electrons. The molecule has 0 aliphatic carbocycles. The normalized spacial score (nSPS) is 18.2. The molecule has 1 aliphatic heterocycles. The van der Waals surface area contributed by atoms with Crippen LogP contribution in [0.1, 0.15) is 50.7 Å². The molecular formula is C16H19NO. The van der Waals surface area contributed by atoms with Crippen molar-refractivity contribution in [2.24, 2.45) is 0 Å².